The molecule has 0 atom stereocenters. The van der Waals surface area contributed by atoms with E-state index in [-0.39, 0.29) is 6.29 Å². The van der Waals surface area contributed by atoms with Crippen molar-refractivity contribution in [1.29, 1.82) is 0 Å². The molecule has 0 aliphatic heterocycles. The fourth-order valence-electron chi connectivity index (χ4n) is 1.16. The summed E-state index contributed by atoms with van der Waals surface area (Å²) in [6.07, 6.45) is 0.270. The fourth-order valence-corrected chi connectivity index (χ4v) is 1.16. The maximum absolute atomic E-state index is 10.8. The van der Waals surface area contributed by atoms with Crippen molar-refractivity contribution in [3.63, 3.8) is 0 Å². The maximum Gasteiger partial charge on any atom is 0.288 e. The normalized spacial score (nSPS) is 9.38. The summed E-state index contributed by atoms with van der Waals surface area (Å²) in [5, 5.41) is 2.52. The van der Waals surface area contributed by atoms with Crippen LogP contribution in [0.1, 0.15) is 11.1 Å². The molecule has 1 N–H and O–H groups in total. The molecule has 0 saturated heterocycles. The van der Waals surface area contributed by atoms with E-state index < -0.39 is 5.91 Å². The molecule has 1 rings (SSSR count). The van der Waals surface area contributed by atoms with Crippen LogP contribution in [0, 0.1) is 13.8 Å². The van der Waals surface area contributed by atoms with Crippen LogP contribution < -0.4 is 5.32 Å². The first kappa shape index (κ1) is 9.45. The predicted octanol–water partition coefficient (Wildman–Crippen LogP) is 1.44. The summed E-state index contributed by atoms with van der Waals surface area (Å²) < 4.78 is 0. The van der Waals surface area contributed by atoms with Crippen molar-refractivity contribution in [3.8, 4) is 0 Å². The van der Waals surface area contributed by atoms with Gasteiger partial charge in [-0.2, -0.15) is 0 Å². The molecule has 0 heterocycles. The van der Waals surface area contributed by atoms with E-state index in [0.717, 1.165) is 16.8 Å². The van der Waals surface area contributed by atoms with E-state index in [1.807, 2.05) is 32.0 Å². The van der Waals surface area contributed by atoms with Gasteiger partial charge in [0.2, 0.25) is 6.29 Å². The summed E-state index contributed by atoms with van der Waals surface area (Å²) in [6.45, 7) is 3.76. The first-order chi connectivity index (χ1) is 6.15. The van der Waals surface area contributed by atoms with E-state index in [4.69, 9.17) is 0 Å². The number of benzene rings is 1. The van der Waals surface area contributed by atoms with Crippen LogP contribution in [0.25, 0.3) is 0 Å². The number of aryl methyl sites for hydroxylation is 2. The van der Waals surface area contributed by atoms with Crippen LogP contribution in [-0.4, -0.2) is 12.2 Å². The molecule has 1 aromatic carbocycles. The Kier molecular flexibility index (Phi) is 2.80. The second-order valence-electron chi connectivity index (χ2n) is 2.87. The predicted molar refractivity (Wildman–Crippen MR) is 50.6 cm³/mol. The minimum Gasteiger partial charge on any atom is -0.319 e. The number of hydrogen-bond donors (Lipinski definition) is 1. The molecule has 0 radical (unpaired) electrons. The molecule has 13 heavy (non-hydrogen) atoms. The molecular weight excluding hydrogens is 166 g/mol. The molecule has 3 heteroatoms. The number of para-hydroxylation sites is 1. The SMILES string of the molecule is Cc1cccc(C)c1NC(=O)C=O. The Labute approximate surface area is 76.8 Å². The highest BCUT2D eigenvalue weighted by atomic mass is 16.2. The molecular formula is C10H11NO2. The third-order valence-corrected chi connectivity index (χ3v) is 1.84. The summed E-state index contributed by atoms with van der Waals surface area (Å²) in [5.41, 5.74) is 2.63. The highest BCUT2D eigenvalue weighted by molar-refractivity contribution is 6.29. The summed E-state index contributed by atoms with van der Waals surface area (Å²) in [7, 11) is 0. The molecule has 0 unspecified atom stereocenters. The largest absolute Gasteiger partial charge is 0.319 e. The maximum atomic E-state index is 10.8. The summed E-state index contributed by atoms with van der Waals surface area (Å²) in [6, 6.07) is 5.67. The third-order valence-electron chi connectivity index (χ3n) is 1.84. The average Bonchev–Trinajstić information content (AvgIpc) is 2.11. The van der Waals surface area contributed by atoms with Gasteiger partial charge >= 0.3 is 0 Å². The van der Waals surface area contributed by atoms with Crippen LogP contribution >= 0.6 is 0 Å². The second kappa shape index (κ2) is 3.85. The molecule has 0 aromatic heterocycles. The quantitative estimate of drug-likeness (QED) is 0.548. The van der Waals surface area contributed by atoms with Gasteiger partial charge in [-0.25, -0.2) is 0 Å². The Hall–Kier alpha value is -1.64. The number of aldehydes is 1. The molecule has 0 aliphatic rings. The Morgan fingerprint density at radius 3 is 2.31 bits per heavy atom. The molecule has 1 aromatic rings. The highest BCUT2D eigenvalue weighted by Gasteiger charge is 2.04. The van der Waals surface area contributed by atoms with Crippen LogP contribution in [-0.2, 0) is 9.59 Å². The van der Waals surface area contributed by atoms with Gasteiger partial charge in [-0.3, -0.25) is 9.59 Å². The average molecular weight is 177 g/mol. The number of rotatable bonds is 2. The number of nitrogens with one attached hydrogen (secondary N) is 1. The van der Waals surface area contributed by atoms with Crippen molar-refractivity contribution in [3.05, 3.63) is 29.3 Å². The van der Waals surface area contributed by atoms with Crippen LogP contribution in [0.4, 0.5) is 5.69 Å². The minimum atomic E-state index is -0.614. The van der Waals surface area contributed by atoms with Crippen molar-refractivity contribution in [2.24, 2.45) is 0 Å². The van der Waals surface area contributed by atoms with Gasteiger partial charge in [-0.1, -0.05) is 18.2 Å². The Morgan fingerprint density at radius 2 is 1.85 bits per heavy atom. The first-order valence-electron chi connectivity index (χ1n) is 3.97. The number of hydrogen-bond acceptors (Lipinski definition) is 2. The van der Waals surface area contributed by atoms with Crippen molar-refractivity contribution >= 4 is 17.9 Å². The smallest absolute Gasteiger partial charge is 0.288 e. The van der Waals surface area contributed by atoms with Gasteiger partial charge in [-0.05, 0) is 25.0 Å². The van der Waals surface area contributed by atoms with Gasteiger partial charge in [-0.15, -0.1) is 0 Å². The topological polar surface area (TPSA) is 46.2 Å². The molecule has 3 nitrogen and oxygen atoms in total. The van der Waals surface area contributed by atoms with Gasteiger partial charge in [0, 0.05) is 5.69 Å². The van der Waals surface area contributed by atoms with Gasteiger partial charge in [0.05, 0.1) is 0 Å². The van der Waals surface area contributed by atoms with Crippen molar-refractivity contribution in [1.82, 2.24) is 0 Å². The Balaban J connectivity index is 2.99. The van der Waals surface area contributed by atoms with Crippen LogP contribution in [0.3, 0.4) is 0 Å². The van der Waals surface area contributed by atoms with Gasteiger partial charge in [0.15, 0.2) is 0 Å². The zero-order valence-corrected chi connectivity index (χ0v) is 7.63. The molecule has 0 bridgehead atoms. The van der Waals surface area contributed by atoms with Gasteiger partial charge < -0.3 is 5.32 Å². The third kappa shape index (κ3) is 2.15. The lowest BCUT2D eigenvalue weighted by molar-refractivity contribution is -0.127. The molecule has 0 aliphatic carbocycles. The number of carbonyl (C=O) groups excluding carboxylic acids is 2. The van der Waals surface area contributed by atoms with E-state index >= 15 is 0 Å². The van der Waals surface area contributed by atoms with Crippen molar-refractivity contribution in [2.75, 3.05) is 5.32 Å². The molecule has 1 amide bonds. The van der Waals surface area contributed by atoms with Crippen LogP contribution in [0.15, 0.2) is 18.2 Å². The van der Waals surface area contributed by atoms with Crippen LogP contribution in [0.5, 0.6) is 0 Å². The van der Waals surface area contributed by atoms with Gasteiger partial charge in [0.25, 0.3) is 5.91 Å². The van der Waals surface area contributed by atoms with Crippen molar-refractivity contribution in [2.45, 2.75) is 13.8 Å². The van der Waals surface area contributed by atoms with E-state index in [2.05, 4.69) is 5.32 Å². The number of anilines is 1. The molecule has 0 saturated carbocycles. The monoisotopic (exact) mass is 177 g/mol. The number of amides is 1. The molecule has 0 spiro atoms. The number of carbonyl (C=O) groups is 2. The summed E-state index contributed by atoms with van der Waals surface area (Å²) >= 11 is 0. The minimum absolute atomic E-state index is 0.270. The fraction of sp³-hybridized carbons (Fsp3) is 0.200. The van der Waals surface area contributed by atoms with E-state index in [0.29, 0.717) is 0 Å². The lowest BCUT2D eigenvalue weighted by atomic mass is 10.1. The molecule has 68 valence electrons. The second-order valence-corrected chi connectivity index (χ2v) is 2.87. The highest BCUT2D eigenvalue weighted by Crippen LogP contribution is 2.18. The summed E-state index contributed by atoms with van der Waals surface area (Å²) in [4.78, 5) is 20.9. The van der Waals surface area contributed by atoms with Crippen LogP contribution in [0.2, 0.25) is 0 Å². The standard InChI is InChI=1S/C10H11NO2/c1-7-4-3-5-8(2)10(7)11-9(13)6-12/h3-6H,1-2H3,(H,11,13). The van der Waals surface area contributed by atoms with E-state index in [1.54, 1.807) is 0 Å². The zero-order valence-electron chi connectivity index (χ0n) is 7.63. The lowest BCUT2D eigenvalue weighted by Gasteiger charge is -2.08. The molecule has 0 fully saturated rings. The van der Waals surface area contributed by atoms with Gasteiger partial charge in [0.1, 0.15) is 0 Å². The van der Waals surface area contributed by atoms with E-state index in [1.165, 1.54) is 0 Å². The zero-order chi connectivity index (χ0) is 9.84. The Morgan fingerprint density at radius 1 is 1.31 bits per heavy atom. The Bertz CT molecular complexity index is 325. The van der Waals surface area contributed by atoms with E-state index in [9.17, 15) is 9.59 Å². The summed E-state index contributed by atoms with van der Waals surface area (Å²) in [5.74, 6) is -0.614. The van der Waals surface area contributed by atoms with Crippen molar-refractivity contribution < 1.29 is 9.59 Å². The lowest BCUT2D eigenvalue weighted by Crippen LogP contribution is -2.13. The first-order valence-corrected chi connectivity index (χ1v) is 3.97.